The quantitative estimate of drug-likeness (QED) is 0.180. The lowest BCUT2D eigenvalue weighted by atomic mass is 9.79. The molecule has 0 fully saturated rings. The van der Waals surface area contributed by atoms with Crippen LogP contribution in [0.15, 0.2) is 182 Å². The van der Waals surface area contributed by atoms with Crippen molar-refractivity contribution in [2.24, 2.45) is 0 Å². The van der Waals surface area contributed by atoms with E-state index in [9.17, 15) is 0 Å². The van der Waals surface area contributed by atoms with E-state index < -0.39 is 0 Å². The fourth-order valence-electron chi connectivity index (χ4n) is 8.66. The molecule has 8 aromatic carbocycles. The van der Waals surface area contributed by atoms with E-state index in [4.69, 9.17) is 0 Å². The third-order valence-electron chi connectivity index (χ3n) is 11.0. The zero-order valence-corrected chi connectivity index (χ0v) is 28.7. The summed E-state index contributed by atoms with van der Waals surface area (Å²) in [6.07, 6.45) is 0. The standard InChI is InChI=1S/C49H36N2/c1-49(2)44-23-10-8-19-40(44)43-22-13-21-39(48(43)49)34-26-28-36(29-27-34)50(45-25-12-15-33-14-6-7-18-38(33)45)37-30-31-42-41-20-9-11-24-46(41)51(47(42)32-37)35-16-4-3-5-17-35/h3-32H,1-2H3. The van der Waals surface area contributed by atoms with Gasteiger partial charge in [-0.15, -0.1) is 0 Å². The van der Waals surface area contributed by atoms with Crippen LogP contribution in [0.25, 0.3) is 60.5 Å². The lowest BCUT2D eigenvalue weighted by molar-refractivity contribution is 0.662. The van der Waals surface area contributed by atoms with Crippen LogP contribution >= 0.6 is 0 Å². The van der Waals surface area contributed by atoms with Crippen LogP contribution in [0.3, 0.4) is 0 Å². The topological polar surface area (TPSA) is 8.17 Å². The summed E-state index contributed by atoms with van der Waals surface area (Å²) in [5, 5.41) is 4.93. The molecule has 0 N–H and O–H groups in total. The summed E-state index contributed by atoms with van der Waals surface area (Å²) in [6, 6.07) is 66.6. The van der Waals surface area contributed by atoms with Crippen molar-refractivity contribution in [3.63, 3.8) is 0 Å². The molecule has 1 aliphatic carbocycles. The van der Waals surface area contributed by atoms with Crippen LogP contribution in [-0.2, 0) is 5.41 Å². The van der Waals surface area contributed by atoms with E-state index in [0.29, 0.717) is 0 Å². The molecule has 9 aromatic rings. The molecule has 0 atom stereocenters. The highest BCUT2D eigenvalue weighted by molar-refractivity contribution is 6.11. The predicted molar refractivity (Wildman–Crippen MR) is 216 cm³/mol. The molecule has 2 heteroatoms. The van der Waals surface area contributed by atoms with Crippen LogP contribution in [0.1, 0.15) is 25.0 Å². The highest BCUT2D eigenvalue weighted by Crippen LogP contribution is 2.52. The van der Waals surface area contributed by atoms with Crippen molar-refractivity contribution in [2.75, 3.05) is 4.90 Å². The molecule has 0 unspecified atom stereocenters. The van der Waals surface area contributed by atoms with Gasteiger partial charge in [-0.05, 0) is 87.3 Å². The van der Waals surface area contributed by atoms with Gasteiger partial charge in [0.05, 0.1) is 16.7 Å². The molecule has 0 bridgehead atoms. The number of aromatic nitrogens is 1. The highest BCUT2D eigenvalue weighted by atomic mass is 15.1. The molecule has 0 saturated heterocycles. The van der Waals surface area contributed by atoms with Crippen LogP contribution in [0.2, 0.25) is 0 Å². The Hall–Kier alpha value is -6.38. The Kier molecular flexibility index (Phi) is 6.56. The summed E-state index contributed by atoms with van der Waals surface area (Å²) in [6.45, 7) is 4.73. The molecular weight excluding hydrogens is 617 g/mol. The molecule has 0 saturated carbocycles. The van der Waals surface area contributed by atoms with Gasteiger partial charge in [0, 0.05) is 38.6 Å². The van der Waals surface area contributed by atoms with E-state index in [2.05, 4.69) is 205 Å². The van der Waals surface area contributed by atoms with Crippen molar-refractivity contribution in [1.82, 2.24) is 4.57 Å². The molecule has 0 amide bonds. The van der Waals surface area contributed by atoms with Crippen molar-refractivity contribution < 1.29 is 0 Å². The lowest BCUT2D eigenvalue weighted by Crippen LogP contribution is -2.16. The number of hydrogen-bond acceptors (Lipinski definition) is 1. The van der Waals surface area contributed by atoms with E-state index in [1.807, 2.05) is 0 Å². The Balaban J connectivity index is 1.17. The van der Waals surface area contributed by atoms with Crippen LogP contribution in [0.5, 0.6) is 0 Å². The molecule has 1 aliphatic rings. The molecule has 2 nitrogen and oxygen atoms in total. The van der Waals surface area contributed by atoms with Gasteiger partial charge in [-0.1, -0.05) is 147 Å². The van der Waals surface area contributed by atoms with Crippen LogP contribution in [-0.4, -0.2) is 4.57 Å². The minimum Gasteiger partial charge on any atom is -0.310 e. The minimum absolute atomic E-state index is 0.0806. The summed E-state index contributed by atoms with van der Waals surface area (Å²) < 4.78 is 2.40. The first-order valence-corrected chi connectivity index (χ1v) is 17.8. The van der Waals surface area contributed by atoms with Gasteiger partial charge in [-0.25, -0.2) is 0 Å². The van der Waals surface area contributed by atoms with E-state index in [-0.39, 0.29) is 5.41 Å². The summed E-state index contributed by atoms with van der Waals surface area (Å²) in [7, 11) is 0. The number of rotatable bonds is 5. The average Bonchev–Trinajstić information content (AvgIpc) is 3.64. The van der Waals surface area contributed by atoms with Crippen molar-refractivity contribution in [1.29, 1.82) is 0 Å². The van der Waals surface area contributed by atoms with E-state index >= 15 is 0 Å². The van der Waals surface area contributed by atoms with Gasteiger partial charge in [-0.3, -0.25) is 0 Å². The zero-order chi connectivity index (χ0) is 34.1. The van der Waals surface area contributed by atoms with E-state index in [1.54, 1.807) is 0 Å². The summed E-state index contributed by atoms with van der Waals surface area (Å²) >= 11 is 0. The first-order chi connectivity index (χ1) is 25.1. The first kappa shape index (κ1) is 29.5. The van der Waals surface area contributed by atoms with Gasteiger partial charge in [-0.2, -0.15) is 0 Å². The Morgan fingerprint density at radius 1 is 0.451 bits per heavy atom. The highest BCUT2D eigenvalue weighted by Gasteiger charge is 2.37. The number of anilines is 3. The smallest absolute Gasteiger partial charge is 0.0561 e. The zero-order valence-electron chi connectivity index (χ0n) is 28.7. The number of fused-ring (bicyclic) bond motifs is 7. The molecule has 0 aliphatic heterocycles. The van der Waals surface area contributed by atoms with Gasteiger partial charge < -0.3 is 9.47 Å². The summed E-state index contributed by atoms with van der Waals surface area (Å²) in [5.41, 5.74) is 14.9. The average molecular weight is 653 g/mol. The molecular formula is C49H36N2. The normalized spacial score (nSPS) is 13.1. The predicted octanol–water partition coefficient (Wildman–Crippen LogP) is 13.4. The number of benzene rings is 8. The fraction of sp³-hybridized carbons (Fsp3) is 0.0612. The van der Waals surface area contributed by atoms with Crippen LogP contribution < -0.4 is 4.90 Å². The summed E-state index contributed by atoms with van der Waals surface area (Å²) in [5.74, 6) is 0. The molecule has 242 valence electrons. The molecule has 1 aromatic heterocycles. The van der Waals surface area contributed by atoms with Gasteiger partial charge in [0.1, 0.15) is 0 Å². The minimum atomic E-state index is -0.0806. The van der Waals surface area contributed by atoms with E-state index in [0.717, 1.165) is 22.7 Å². The number of para-hydroxylation sites is 2. The number of nitrogens with zero attached hydrogens (tertiary/aromatic N) is 2. The SMILES string of the molecule is CC1(C)c2ccccc2-c2cccc(-c3ccc(N(c4ccc5c6ccccc6n(-c6ccccc6)c5c4)c4cccc5ccccc45)cc3)c21. The monoisotopic (exact) mass is 652 g/mol. The Labute approximate surface area is 298 Å². The van der Waals surface area contributed by atoms with Crippen molar-refractivity contribution in [2.45, 2.75) is 19.3 Å². The molecule has 0 radical (unpaired) electrons. The first-order valence-electron chi connectivity index (χ1n) is 17.8. The second kappa shape index (κ2) is 11.3. The maximum atomic E-state index is 2.42. The summed E-state index contributed by atoms with van der Waals surface area (Å²) in [4.78, 5) is 2.42. The second-order valence-corrected chi connectivity index (χ2v) is 14.2. The second-order valence-electron chi connectivity index (χ2n) is 14.2. The van der Waals surface area contributed by atoms with Crippen molar-refractivity contribution in [3.05, 3.63) is 193 Å². The van der Waals surface area contributed by atoms with Crippen LogP contribution in [0, 0.1) is 0 Å². The molecule has 1 heterocycles. The fourth-order valence-corrected chi connectivity index (χ4v) is 8.66. The van der Waals surface area contributed by atoms with Crippen molar-refractivity contribution >= 4 is 49.6 Å². The van der Waals surface area contributed by atoms with E-state index in [1.165, 1.54) is 66.0 Å². The van der Waals surface area contributed by atoms with Gasteiger partial charge in [0.2, 0.25) is 0 Å². The van der Waals surface area contributed by atoms with Gasteiger partial charge >= 0.3 is 0 Å². The van der Waals surface area contributed by atoms with Crippen molar-refractivity contribution in [3.8, 4) is 27.9 Å². The molecule has 51 heavy (non-hydrogen) atoms. The third-order valence-corrected chi connectivity index (χ3v) is 11.0. The lowest BCUT2D eigenvalue weighted by Gasteiger charge is -2.28. The molecule has 10 rings (SSSR count). The van der Waals surface area contributed by atoms with Gasteiger partial charge in [0.25, 0.3) is 0 Å². The Bertz CT molecular complexity index is 2760. The Morgan fingerprint density at radius 3 is 1.94 bits per heavy atom. The Morgan fingerprint density at radius 2 is 1.08 bits per heavy atom. The van der Waals surface area contributed by atoms with Gasteiger partial charge in [0.15, 0.2) is 0 Å². The maximum Gasteiger partial charge on any atom is 0.0561 e. The number of hydrogen-bond donors (Lipinski definition) is 0. The molecule has 0 spiro atoms. The largest absolute Gasteiger partial charge is 0.310 e. The third kappa shape index (κ3) is 4.50. The maximum absolute atomic E-state index is 2.42. The van der Waals surface area contributed by atoms with Crippen LogP contribution in [0.4, 0.5) is 17.1 Å².